The van der Waals surface area contributed by atoms with Gasteiger partial charge in [-0.15, -0.1) is 0 Å². The Morgan fingerprint density at radius 1 is 1.38 bits per heavy atom. The summed E-state index contributed by atoms with van der Waals surface area (Å²) in [7, 11) is 2.71. The van der Waals surface area contributed by atoms with E-state index in [0.29, 0.717) is 0 Å². The number of esters is 1. The molecule has 6 nitrogen and oxygen atoms in total. The Balaban J connectivity index is 4.19. The van der Waals surface area contributed by atoms with E-state index in [2.05, 4.69) is 4.74 Å². The Labute approximate surface area is 95.1 Å². The van der Waals surface area contributed by atoms with Crippen molar-refractivity contribution in [2.75, 3.05) is 33.9 Å². The summed E-state index contributed by atoms with van der Waals surface area (Å²) in [6.07, 6.45) is -0.531. The largest absolute Gasteiger partial charge is 0.469 e. The predicted molar refractivity (Wildman–Crippen MR) is 56.8 cm³/mol. The van der Waals surface area contributed by atoms with Gasteiger partial charge in [-0.1, -0.05) is 0 Å². The van der Waals surface area contributed by atoms with Gasteiger partial charge in [-0.2, -0.15) is 0 Å². The van der Waals surface area contributed by atoms with Crippen molar-refractivity contribution in [2.45, 2.75) is 19.4 Å². The minimum Gasteiger partial charge on any atom is -0.469 e. The summed E-state index contributed by atoms with van der Waals surface area (Å²) >= 11 is 0. The first-order valence-corrected chi connectivity index (χ1v) is 5.02. The van der Waals surface area contributed by atoms with Crippen LogP contribution >= 0.6 is 0 Å². The second kappa shape index (κ2) is 8.06. The van der Waals surface area contributed by atoms with E-state index >= 15 is 0 Å². The summed E-state index contributed by atoms with van der Waals surface area (Å²) in [5.41, 5.74) is 0. The molecular formula is C10H19NO5. The number of aliphatic hydroxyl groups is 1. The number of nitrogens with zero attached hydrogens (tertiary/aromatic N) is 1. The molecule has 0 rings (SSSR count). The summed E-state index contributed by atoms with van der Waals surface area (Å²) in [6.45, 7) is 1.91. The molecule has 0 bridgehead atoms. The van der Waals surface area contributed by atoms with Crippen molar-refractivity contribution >= 4 is 11.9 Å². The van der Waals surface area contributed by atoms with Crippen LogP contribution in [0.5, 0.6) is 0 Å². The van der Waals surface area contributed by atoms with Gasteiger partial charge in [-0.05, 0) is 6.92 Å². The molecule has 0 aromatic heterocycles. The molecule has 1 atom stereocenters. The number of rotatable bonds is 7. The Bertz CT molecular complexity index is 229. The van der Waals surface area contributed by atoms with E-state index in [1.807, 2.05) is 0 Å². The highest BCUT2D eigenvalue weighted by molar-refractivity contribution is 5.78. The molecule has 0 aromatic carbocycles. The van der Waals surface area contributed by atoms with Gasteiger partial charge in [-0.3, -0.25) is 9.59 Å². The van der Waals surface area contributed by atoms with Crippen molar-refractivity contribution in [3.8, 4) is 0 Å². The summed E-state index contributed by atoms with van der Waals surface area (Å²) in [5, 5.41) is 9.21. The average molecular weight is 233 g/mol. The van der Waals surface area contributed by atoms with Gasteiger partial charge in [0.2, 0.25) is 5.91 Å². The number of hydrogen-bond donors (Lipinski definition) is 1. The molecule has 0 aliphatic carbocycles. The zero-order chi connectivity index (χ0) is 12.6. The Morgan fingerprint density at radius 2 is 2.00 bits per heavy atom. The van der Waals surface area contributed by atoms with Crippen molar-refractivity contribution in [3.05, 3.63) is 0 Å². The van der Waals surface area contributed by atoms with Gasteiger partial charge in [-0.25, -0.2) is 0 Å². The molecule has 0 aliphatic rings. The first kappa shape index (κ1) is 14.9. The van der Waals surface area contributed by atoms with Gasteiger partial charge in [0.05, 0.1) is 19.6 Å². The van der Waals surface area contributed by atoms with E-state index in [-0.39, 0.29) is 38.0 Å². The van der Waals surface area contributed by atoms with Gasteiger partial charge in [0, 0.05) is 20.2 Å². The Hall–Kier alpha value is -1.14. The Morgan fingerprint density at radius 3 is 2.44 bits per heavy atom. The summed E-state index contributed by atoms with van der Waals surface area (Å²) in [5.74, 6) is -0.645. The van der Waals surface area contributed by atoms with Crippen LogP contribution in [-0.2, 0) is 19.1 Å². The van der Waals surface area contributed by atoms with E-state index in [9.17, 15) is 14.7 Å². The Kier molecular flexibility index (Phi) is 7.49. The highest BCUT2D eigenvalue weighted by atomic mass is 16.5. The lowest BCUT2D eigenvalue weighted by Crippen LogP contribution is -2.40. The third-order valence-corrected chi connectivity index (χ3v) is 1.92. The molecule has 94 valence electrons. The monoisotopic (exact) mass is 233 g/mol. The van der Waals surface area contributed by atoms with E-state index in [1.165, 1.54) is 19.1 Å². The summed E-state index contributed by atoms with van der Waals surface area (Å²) in [4.78, 5) is 23.8. The molecule has 1 amide bonds. The van der Waals surface area contributed by atoms with Crippen molar-refractivity contribution in [3.63, 3.8) is 0 Å². The van der Waals surface area contributed by atoms with Crippen molar-refractivity contribution in [1.82, 2.24) is 4.90 Å². The number of ether oxygens (including phenoxy) is 2. The quantitative estimate of drug-likeness (QED) is 0.594. The lowest BCUT2D eigenvalue weighted by molar-refractivity contribution is -0.142. The number of carbonyl (C=O) groups is 2. The lowest BCUT2D eigenvalue weighted by atomic mass is 10.3. The molecule has 0 saturated carbocycles. The molecule has 0 saturated heterocycles. The zero-order valence-corrected chi connectivity index (χ0v) is 9.93. The SMILES string of the molecule is COCC(=O)N(CCC(=O)OC)CC(C)O. The predicted octanol–water partition coefficient (Wildman–Crippen LogP) is -0.595. The van der Waals surface area contributed by atoms with Crippen LogP contribution in [0.3, 0.4) is 0 Å². The van der Waals surface area contributed by atoms with E-state index < -0.39 is 6.10 Å². The molecule has 0 heterocycles. The maximum Gasteiger partial charge on any atom is 0.307 e. The number of carbonyl (C=O) groups excluding carboxylic acids is 2. The summed E-state index contributed by atoms with van der Waals surface area (Å²) < 4.78 is 9.18. The van der Waals surface area contributed by atoms with E-state index in [0.717, 1.165) is 0 Å². The van der Waals surface area contributed by atoms with Crippen LogP contribution in [0.2, 0.25) is 0 Å². The third kappa shape index (κ3) is 6.36. The maximum absolute atomic E-state index is 11.5. The highest BCUT2D eigenvalue weighted by Gasteiger charge is 2.16. The number of hydrogen-bond acceptors (Lipinski definition) is 5. The van der Waals surface area contributed by atoms with Crippen LogP contribution in [-0.4, -0.2) is 61.9 Å². The van der Waals surface area contributed by atoms with Gasteiger partial charge >= 0.3 is 5.97 Å². The molecule has 1 N–H and O–H groups in total. The van der Waals surface area contributed by atoms with Crippen LogP contribution in [0, 0.1) is 0 Å². The van der Waals surface area contributed by atoms with Gasteiger partial charge in [0.1, 0.15) is 6.61 Å². The van der Waals surface area contributed by atoms with Crippen LogP contribution in [0.4, 0.5) is 0 Å². The van der Waals surface area contributed by atoms with Crippen molar-refractivity contribution in [1.29, 1.82) is 0 Å². The van der Waals surface area contributed by atoms with Crippen LogP contribution in [0.25, 0.3) is 0 Å². The first-order chi connectivity index (χ1) is 7.51. The lowest BCUT2D eigenvalue weighted by Gasteiger charge is -2.23. The molecular weight excluding hydrogens is 214 g/mol. The minimum absolute atomic E-state index is 0.0616. The van der Waals surface area contributed by atoms with Gasteiger partial charge in [0.25, 0.3) is 0 Å². The van der Waals surface area contributed by atoms with Crippen LogP contribution in [0.15, 0.2) is 0 Å². The second-order valence-electron chi connectivity index (χ2n) is 3.45. The molecule has 0 aliphatic heterocycles. The van der Waals surface area contributed by atoms with E-state index in [1.54, 1.807) is 6.92 Å². The van der Waals surface area contributed by atoms with Crippen LogP contribution in [0.1, 0.15) is 13.3 Å². The normalized spacial score (nSPS) is 12.0. The van der Waals surface area contributed by atoms with E-state index in [4.69, 9.17) is 4.74 Å². The summed E-state index contributed by atoms with van der Waals surface area (Å²) in [6, 6.07) is 0. The smallest absolute Gasteiger partial charge is 0.307 e. The van der Waals surface area contributed by atoms with Crippen LogP contribution < -0.4 is 0 Å². The average Bonchev–Trinajstić information content (AvgIpc) is 2.23. The maximum atomic E-state index is 11.5. The second-order valence-corrected chi connectivity index (χ2v) is 3.45. The topological polar surface area (TPSA) is 76.1 Å². The van der Waals surface area contributed by atoms with Gasteiger partial charge in [0.15, 0.2) is 0 Å². The first-order valence-electron chi connectivity index (χ1n) is 5.02. The third-order valence-electron chi connectivity index (χ3n) is 1.92. The molecule has 6 heteroatoms. The number of methoxy groups -OCH3 is 2. The molecule has 16 heavy (non-hydrogen) atoms. The van der Waals surface area contributed by atoms with Crippen molar-refractivity contribution < 1.29 is 24.2 Å². The molecule has 0 fully saturated rings. The van der Waals surface area contributed by atoms with Crippen molar-refractivity contribution in [2.24, 2.45) is 0 Å². The zero-order valence-electron chi connectivity index (χ0n) is 9.93. The fourth-order valence-corrected chi connectivity index (χ4v) is 1.18. The number of aliphatic hydroxyl groups excluding tert-OH is 1. The highest BCUT2D eigenvalue weighted by Crippen LogP contribution is 1.98. The number of amides is 1. The molecule has 1 unspecified atom stereocenters. The fraction of sp³-hybridized carbons (Fsp3) is 0.800. The van der Waals surface area contributed by atoms with Gasteiger partial charge < -0.3 is 19.5 Å². The molecule has 0 spiro atoms. The minimum atomic E-state index is -0.640. The molecule has 0 aromatic rings. The standard InChI is InChI=1S/C10H19NO5/c1-8(12)6-11(9(13)7-15-2)5-4-10(14)16-3/h8,12H,4-7H2,1-3H3. The fourth-order valence-electron chi connectivity index (χ4n) is 1.18. The molecule has 0 radical (unpaired) electrons.